The Kier molecular flexibility index (Phi) is 4.76. The third kappa shape index (κ3) is 3.49. The van der Waals surface area contributed by atoms with Crippen molar-refractivity contribution in [2.45, 2.75) is 19.9 Å². The number of hydrogen-bond donors (Lipinski definition) is 2. The molecular formula is C16H16Cl2N2O. The van der Waals surface area contributed by atoms with Gasteiger partial charge in [-0.3, -0.25) is 4.79 Å². The van der Waals surface area contributed by atoms with E-state index >= 15 is 0 Å². The van der Waals surface area contributed by atoms with Gasteiger partial charge in [-0.25, -0.2) is 0 Å². The highest BCUT2D eigenvalue weighted by molar-refractivity contribution is 6.44. The summed E-state index contributed by atoms with van der Waals surface area (Å²) in [7, 11) is 0. The van der Waals surface area contributed by atoms with Gasteiger partial charge in [-0.15, -0.1) is 0 Å². The number of carbonyl (C=O) groups is 1. The maximum absolute atomic E-state index is 12.4. The number of aryl methyl sites for hydroxylation is 1. The molecule has 0 aliphatic rings. The monoisotopic (exact) mass is 322 g/mol. The smallest absolute Gasteiger partial charge is 0.253 e. The van der Waals surface area contributed by atoms with Crippen LogP contribution in [-0.4, -0.2) is 5.91 Å². The predicted molar refractivity (Wildman–Crippen MR) is 87.9 cm³/mol. The summed E-state index contributed by atoms with van der Waals surface area (Å²) in [6.45, 7) is 3.92. The normalized spacial score (nSPS) is 12.0. The minimum Gasteiger partial charge on any atom is -0.399 e. The topological polar surface area (TPSA) is 55.1 Å². The highest BCUT2D eigenvalue weighted by Gasteiger charge is 2.17. The zero-order valence-electron chi connectivity index (χ0n) is 11.8. The van der Waals surface area contributed by atoms with Crippen molar-refractivity contribution >= 4 is 34.8 Å². The molecule has 3 nitrogen and oxygen atoms in total. The van der Waals surface area contributed by atoms with Crippen molar-refractivity contribution in [2.75, 3.05) is 5.73 Å². The first-order chi connectivity index (χ1) is 9.90. The zero-order valence-corrected chi connectivity index (χ0v) is 13.3. The molecule has 0 aromatic heterocycles. The van der Waals surface area contributed by atoms with Gasteiger partial charge < -0.3 is 11.1 Å². The van der Waals surface area contributed by atoms with E-state index in [1.165, 1.54) is 12.1 Å². The lowest BCUT2D eigenvalue weighted by Crippen LogP contribution is -2.27. The fourth-order valence-electron chi connectivity index (χ4n) is 2.20. The van der Waals surface area contributed by atoms with Crippen LogP contribution in [-0.2, 0) is 0 Å². The first kappa shape index (κ1) is 15.7. The highest BCUT2D eigenvalue weighted by atomic mass is 35.5. The van der Waals surface area contributed by atoms with Gasteiger partial charge in [0, 0.05) is 5.69 Å². The number of rotatable bonds is 3. The second-order valence-electron chi connectivity index (χ2n) is 4.92. The van der Waals surface area contributed by atoms with Crippen LogP contribution in [0.5, 0.6) is 0 Å². The van der Waals surface area contributed by atoms with Gasteiger partial charge in [0.1, 0.15) is 0 Å². The molecule has 1 unspecified atom stereocenters. The molecule has 0 aliphatic carbocycles. The van der Waals surface area contributed by atoms with Gasteiger partial charge in [0.25, 0.3) is 5.91 Å². The molecule has 0 spiro atoms. The SMILES string of the molecule is Cc1ccccc1C(C)NC(=O)c1cc(N)cc(Cl)c1Cl. The standard InChI is InChI=1S/C16H16Cl2N2O/c1-9-5-3-4-6-12(9)10(2)20-16(21)13-7-11(19)8-14(17)15(13)18/h3-8,10H,19H2,1-2H3,(H,20,21). The van der Waals surface area contributed by atoms with Crippen molar-refractivity contribution in [3.05, 3.63) is 63.1 Å². The van der Waals surface area contributed by atoms with Gasteiger partial charge in [-0.1, -0.05) is 47.5 Å². The molecule has 0 heterocycles. The summed E-state index contributed by atoms with van der Waals surface area (Å²) >= 11 is 12.0. The fourth-order valence-corrected chi connectivity index (χ4v) is 2.62. The van der Waals surface area contributed by atoms with E-state index in [0.717, 1.165) is 11.1 Å². The molecule has 0 aliphatic heterocycles. The van der Waals surface area contributed by atoms with E-state index in [1.807, 2.05) is 38.1 Å². The molecule has 2 aromatic rings. The van der Waals surface area contributed by atoms with Crippen LogP contribution >= 0.6 is 23.2 Å². The molecule has 5 heteroatoms. The Bertz CT molecular complexity index is 686. The Balaban J connectivity index is 2.25. The minimum atomic E-state index is -0.301. The molecule has 2 rings (SSSR count). The summed E-state index contributed by atoms with van der Waals surface area (Å²) in [5.74, 6) is -0.301. The first-order valence-corrected chi connectivity index (χ1v) is 7.26. The minimum absolute atomic E-state index is 0.144. The maximum atomic E-state index is 12.4. The van der Waals surface area contributed by atoms with Gasteiger partial charge >= 0.3 is 0 Å². The zero-order chi connectivity index (χ0) is 15.6. The van der Waals surface area contributed by atoms with Gasteiger partial charge in [0.2, 0.25) is 0 Å². The molecule has 0 bridgehead atoms. The lowest BCUT2D eigenvalue weighted by molar-refractivity contribution is 0.0940. The summed E-state index contributed by atoms with van der Waals surface area (Å²) in [5.41, 5.74) is 8.56. The Hall–Kier alpha value is -1.71. The summed E-state index contributed by atoms with van der Waals surface area (Å²) < 4.78 is 0. The van der Waals surface area contributed by atoms with Crippen LogP contribution in [0.25, 0.3) is 0 Å². The van der Waals surface area contributed by atoms with Crippen molar-refractivity contribution in [3.8, 4) is 0 Å². The van der Waals surface area contributed by atoms with Gasteiger partial charge in [-0.2, -0.15) is 0 Å². The van der Waals surface area contributed by atoms with Crippen LogP contribution in [0.3, 0.4) is 0 Å². The average molecular weight is 323 g/mol. The maximum Gasteiger partial charge on any atom is 0.253 e. The Morgan fingerprint density at radius 3 is 2.57 bits per heavy atom. The fraction of sp³-hybridized carbons (Fsp3) is 0.188. The number of carbonyl (C=O) groups excluding carboxylic acids is 1. The summed E-state index contributed by atoms with van der Waals surface area (Å²) in [6, 6.07) is 10.8. The van der Waals surface area contributed by atoms with Crippen molar-refractivity contribution < 1.29 is 4.79 Å². The molecule has 21 heavy (non-hydrogen) atoms. The molecule has 2 aromatic carbocycles. The number of nitrogen functional groups attached to an aromatic ring is 1. The van der Waals surface area contributed by atoms with E-state index in [-0.39, 0.29) is 27.6 Å². The number of nitrogens with two attached hydrogens (primary N) is 1. The third-order valence-electron chi connectivity index (χ3n) is 3.30. The molecule has 1 atom stereocenters. The number of hydrogen-bond acceptors (Lipinski definition) is 2. The highest BCUT2D eigenvalue weighted by Crippen LogP contribution is 2.29. The van der Waals surface area contributed by atoms with Crippen molar-refractivity contribution in [3.63, 3.8) is 0 Å². The van der Waals surface area contributed by atoms with E-state index in [2.05, 4.69) is 5.32 Å². The van der Waals surface area contributed by atoms with E-state index in [1.54, 1.807) is 0 Å². The number of amides is 1. The Morgan fingerprint density at radius 1 is 1.24 bits per heavy atom. The lowest BCUT2D eigenvalue weighted by atomic mass is 10.0. The second-order valence-corrected chi connectivity index (χ2v) is 5.70. The van der Waals surface area contributed by atoms with Crippen molar-refractivity contribution in [1.29, 1.82) is 0 Å². The summed E-state index contributed by atoms with van der Waals surface area (Å²) in [4.78, 5) is 12.4. The van der Waals surface area contributed by atoms with Crippen LogP contribution in [0, 0.1) is 6.92 Å². The van der Waals surface area contributed by atoms with Crippen LogP contribution in [0.1, 0.15) is 34.5 Å². The number of halogens is 2. The average Bonchev–Trinajstić information content (AvgIpc) is 2.43. The molecule has 0 saturated heterocycles. The lowest BCUT2D eigenvalue weighted by Gasteiger charge is -2.17. The molecular weight excluding hydrogens is 307 g/mol. The summed E-state index contributed by atoms with van der Waals surface area (Å²) in [5, 5.41) is 3.39. The van der Waals surface area contributed by atoms with Gasteiger partial charge in [-0.05, 0) is 37.1 Å². The van der Waals surface area contributed by atoms with E-state index < -0.39 is 0 Å². The molecule has 3 N–H and O–H groups in total. The second kappa shape index (κ2) is 6.37. The molecule has 110 valence electrons. The third-order valence-corrected chi connectivity index (χ3v) is 4.10. The van der Waals surface area contributed by atoms with E-state index in [0.29, 0.717) is 5.69 Å². The molecule has 0 radical (unpaired) electrons. The number of benzene rings is 2. The van der Waals surface area contributed by atoms with E-state index in [9.17, 15) is 4.79 Å². The van der Waals surface area contributed by atoms with Gasteiger partial charge in [0.05, 0.1) is 21.7 Å². The Morgan fingerprint density at radius 2 is 1.90 bits per heavy atom. The van der Waals surface area contributed by atoms with Crippen LogP contribution < -0.4 is 11.1 Å². The van der Waals surface area contributed by atoms with Crippen molar-refractivity contribution in [1.82, 2.24) is 5.32 Å². The predicted octanol–water partition coefficient (Wildman–Crippen LogP) is 4.38. The van der Waals surface area contributed by atoms with Crippen LogP contribution in [0.15, 0.2) is 36.4 Å². The van der Waals surface area contributed by atoms with Crippen molar-refractivity contribution in [2.24, 2.45) is 0 Å². The van der Waals surface area contributed by atoms with Gasteiger partial charge in [0.15, 0.2) is 0 Å². The number of anilines is 1. The first-order valence-electron chi connectivity index (χ1n) is 6.51. The summed E-state index contributed by atoms with van der Waals surface area (Å²) in [6.07, 6.45) is 0. The molecule has 0 fully saturated rings. The molecule has 0 saturated carbocycles. The van der Waals surface area contributed by atoms with E-state index in [4.69, 9.17) is 28.9 Å². The quantitative estimate of drug-likeness (QED) is 0.824. The Labute approximate surface area is 134 Å². The van der Waals surface area contributed by atoms with Crippen LogP contribution in [0.4, 0.5) is 5.69 Å². The largest absolute Gasteiger partial charge is 0.399 e. The van der Waals surface area contributed by atoms with Crippen LogP contribution in [0.2, 0.25) is 10.0 Å². The molecule has 1 amide bonds. The number of nitrogens with one attached hydrogen (secondary N) is 1.